The lowest BCUT2D eigenvalue weighted by Gasteiger charge is -2.05. The maximum Gasteiger partial charge on any atom is 0.212 e. The number of carbonyl (C=O) groups excluding carboxylic acids is 1. The molecule has 0 bridgehead atoms. The Kier molecular flexibility index (Phi) is 3.27. The van der Waals surface area contributed by atoms with Crippen LogP contribution in [0.1, 0.15) is 0 Å². The molecule has 0 radical (unpaired) electrons. The molecular weight excluding hydrogens is 311 g/mol. The molecule has 1 aromatic carbocycles. The summed E-state index contributed by atoms with van der Waals surface area (Å²) in [4.78, 5) is 14.8. The van der Waals surface area contributed by atoms with Gasteiger partial charge in [-0.25, -0.2) is 9.37 Å². The summed E-state index contributed by atoms with van der Waals surface area (Å²) in [6, 6.07) is 9.71. The summed E-state index contributed by atoms with van der Waals surface area (Å²) < 4.78 is 14.7. The minimum atomic E-state index is -0.303. The number of fused-ring (bicyclic) bond motifs is 1. The third-order valence-corrected chi connectivity index (χ3v) is 3.62. The number of carbonyl (C=O) groups is 1. The van der Waals surface area contributed by atoms with Crippen molar-refractivity contribution in [3.63, 3.8) is 0 Å². The van der Waals surface area contributed by atoms with Crippen molar-refractivity contribution in [1.82, 2.24) is 24.8 Å². The van der Waals surface area contributed by atoms with Crippen LogP contribution in [0.4, 0.5) is 10.2 Å². The quantitative estimate of drug-likeness (QED) is 0.565. The molecule has 4 aromatic rings. The highest BCUT2D eigenvalue weighted by atomic mass is 19.1. The zero-order chi connectivity index (χ0) is 16.5. The van der Waals surface area contributed by atoms with E-state index < -0.39 is 0 Å². The van der Waals surface area contributed by atoms with E-state index in [1.165, 1.54) is 22.8 Å². The summed E-state index contributed by atoms with van der Waals surface area (Å²) >= 11 is 0. The number of nitrogens with zero attached hydrogens (tertiary/aromatic N) is 4. The molecule has 0 aliphatic rings. The number of rotatable bonds is 4. The lowest BCUT2D eigenvalue weighted by molar-refractivity contribution is -0.105. The van der Waals surface area contributed by atoms with Gasteiger partial charge in [0, 0.05) is 11.1 Å². The van der Waals surface area contributed by atoms with Gasteiger partial charge >= 0.3 is 0 Å². The van der Waals surface area contributed by atoms with Crippen LogP contribution < -0.4 is 5.32 Å². The van der Waals surface area contributed by atoms with Gasteiger partial charge < -0.3 is 5.32 Å². The van der Waals surface area contributed by atoms with Crippen LogP contribution in [0.2, 0.25) is 0 Å². The van der Waals surface area contributed by atoms with Gasteiger partial charge in [-0.1, -0.05) is 0 Å². The number of hydrogen-bond donors (Lipinski definition) is 2. The fourth-order valence-corrected chi connectivity index (χ4v) is 2.49. The van der Waals surface area contributed by atoms with Crippen molar-refractivity contribution in [3.05, 3.63) is 54.6 Å². The van der Waals surface area contributed by atoms with Gasteiger partial charge in [-0.2, -0.15) is 14.7 Å². The van der Waals surface area contributed by atoms with Gasteiger partial charge in [0.25, 0.3) is 0 Å². The fourth-order valence-electron chi connectivity index (χ4n) is 2.49. The topological polar surface area (TPSA) is 88.0 Å². The van der Waals surface area contributed by atoms with Gasteiger partial charge in [0.15, 0.2) is 11.5 Å². The second-order valence-corrected chi connectivity index (χ2v) is 5.06. The van der Waals surface area contributed by atoms with Crippen LogP contribution in [0.15, 0.2) is 48.8 Å². The maximum atomic E-state index is 13.1. The fraction of sp³-hybridized carbons (Fsp3) is 0. The number of halogens is 1. The Morgan fingerprint density at radius 3 is 2.75 bits per heavy atom. The molecule has 0 saturated carbocycles. The van der Waals surface area contributed by atoms with E-state index in [2.05, 4.69) is 25.6 Å². The highest BCUT2D eigenvalue weighted by Crippen LogP contribution is 2.29. The van der Waals surface area contributed by atoms with Crippen LogP contribution in [-0.2, 0) is 4.79 Å². The van der Waals surface area contributed by atoms with Crippen molar-refractivity contribution < 1.29 is 9.18 Å². The molecule has 2 N–H and O–H groups in total. The Hall–Kier alpha value is -3.55. The predicted octanol–water partition coefficient (Wildman–Crippen LogP) is 2.49. The molecule has 24 heavy (non-hydrogen) atoms. The first-order valence-electron chi connectivity index (χ1n) is 7.11. The Morgan fingerprint density at radius 2 is 1.96 bits per heavy atom. The van der Waals surface area contributed by atoms with Gasteiger partial charge in [-0.3, -0.25) is 9.89 Å². The number of nitrogens with one attached hydrogen (secondary N) is 2. The zero-order valence-electron chi connectivity index (χ0n) is 12.3. The molecule has 8 heteroatoms. The highest BCUT2D eigenvalue weighted by molar-refractivity contribution is 5.79. The molecule has 118 valence electrons. The van der Waals surface area contributed by atoms with E-state index in [1.807, 2.05) is 6.07 Å². The lowest BCUT2D eigenvalue weighted by Crippen LogP contribution is -2.02. The molecule has 0 saturated heterocycles. The third-order valence-electron chi connectivity index (χ3n) is 3.62. The summed E-state index contributed by atoms with van der Waals surface area (Å²) in [5, 5.41) is 14.0. The molecule has 0 aliphatic heterocycles. The largest absolute Gasteiger partial charge is 0.312 e. The van der Waals surface area contributed by atoms with E-state index in [9.17, 15) is 9.18 Å². The van der Waals surface area contributed by atoms with Crippen LogP contribution in [-0.4, -0.2) is 31.2 Å². The SMILES string of the molecule is O=CNc1cnc2ccc(-c3cn[nH]c3-c3ccc(F)cc3)nn12. The van der Waals surface area contributed by atoms with Crippen LogP contribution in [0.5, 0.6) is 0 Å². The maximum absolute atomic E-state index is 13.1. The molecule has 0 fully saturated rings. The predicted molar refractivity (Wildman–Crippen MR) is 85.6 cm³/mol. The van der Waals surface area contributed by atoms with Crippen LogP contribution >= 0.6 is 0 Å². The first-order chi connectivity index (χ1) is 11.8. The Balaban J connectivity index is 1.83. The average Bonchev–Trinajstić information content (AvgIpc) is 3.23. The van der Waals surface area contributed by atoms with Crippen molar-refractivity contribution in [2.24, 2.45) is 0 Å². The third kappa shape index (κ3) is 2.30. The molecule has 7 nitrogen and oxygen atoms in total. The van der Waals surface area contributed by atoms with Gasteiger partial charge in [0.05, 0.1) is 23.8 Å². The normalized spacial score (nSPS) is 10.9. The Bertz CT molecular complexity index is 1020. The molecule has 0 atom stereocenters. The van der Waals surface area contributed by atoms with E-state index in [1.54, 1.807) is 24.4 Å². The first kappa shape index (κ1) is 14.1. The highest BCUT2D eigenvalue weighted by Gasteiger charge is 2.13. The van der Waals surface area contributed by atoms with Crippen molar-refractivity contribution >= 4 is 17.9 Å². The van der Waals surface area contributed by atoms with Crippen molar-refractivity contribution in [2.75, 3.05) is 5.32 Å². The van der Waals surface area contributed by atoms with Crippen LogP contribution in [0, 0.1) is 5.82 Å². The summed E-state index contributed by atoms with van der Waals surface area (Å²) in [7, 11) is 0. The minimum Gasteiger partial charge on any atom is -0.312 e. The minimum absolute atomic E-state index is 0.303. The second-order valence-electron chi connectivity index (χ2n) is 5.06. The number of anilines is 1. The molecule has 0 unspecified atom stereocenters. The molecular formula is C16H11FN6O. The first-order valence-corrected chi connectivity index (χ1v) is 7.11. The summed E-state index contributed by atoms with van der Waals surface area (Å²) in [5.41, 5.74) is 3.53. The smallest absolute Gasteiger partial charge is 0.212 e. The zero-order valence-corrected chi connectivity index (χ0v) is 12.3. The van der Waals surface area contributed by atoms with Crippen LogP contribution in [0.3, 0.4) is 0 Å². The lowest BCUT2D eigenvalue weighted by atomic mass is 10.1. The molecule has 3 aromatic heterocycles. The van der Waals surface area contributed by atoms with Gasteiger partial charge in [-0.15, -0.1) is 0 Å². The molecule has 4 rings (SSSR count). The van der Waals surface area contributed by atoms with Crippen LogP contribution in [0.25, 0.3) is 28.2 Å². The van der Waals surface area contributed by atoms with Crippen molar-refractivity contribution in [1.29, 1.82) is 0 Å². The number of aromatic amines is 1. The van der Waals surface area contributed by atoms with Gasteiger partial charge in [-0.05, 0) is 36.4 Å². The Morgan fingerprint density at radius 1 is 1.12 bits per heavy atom. The average molecular weight is 322 g/mol. The number of aromatic nitrogens is 5. The van der Waals surface area contributed by atoms with Crippen molar-refractivity contribution in [3.8, 4) is 22.5 Å². The second kappa shape index (κ2) is 5.58. The molecule has 1 amide bonds. The number of benzene rings is 1. The Labute approximate surface area is 135 Å². The summed E-state index contributed by atoms with van der Waals surface area (Å²) in [6.45, 7) is 0. The summed E-state index contributed by atoms with van der Waals surface area (Å²) in [5.74, 6) is 0.163. The van der Waals surface area contributed by atoms with Gasteiger partial charge in [0.2, 0.25) is 6.41 Å². The monoisotopic (exact) mass is 322 g/mol. The number of H-pyrrole nitrogens is 1. The number of imidazole rings is 1. The summed E-state index contributed by atoms with van der Waals surface area (Å²) in [6.07, 6.45) is 3.74. The van der Waals surface area contributed by atoms with Gasteiger partial charge in [0.1, 0.15) is 5.82 Å². The molecule has 0 spiro atoms. The van der Waals surface area contributed by atoms with E-state index >= 15 is 0 Å². The van der Waals surface area contributed by atoms with E-state index in [4.69, 9.17) is 0 Å². The van der Waals surface area contributed by atoms with E-state index in [-0.39, 0.29) is 5.82 Å². The molecule has 0 aliphatic carbocycles. The van der Waals surface area contributed by atoms with E-state index in [0.717, 1.165) is 16.8 Å². The standard InChI is InChI=1S/C16H11FN6O/c17-11-3-1-10(2-4-11)16-12(7-20-21-16)13-5-6-14-18-8-15(19-9-24)23(14)22-13/h1-9H,(H,19,24)(H,20,21). The number of hydrogen-bond acceptors (Lipinski definition) is 4. The van der Waals surface area contributed by atoms with Crippen molar-refractivity contribution in [2.45, 2.75) is 0 Å². The number of amides is 1. The molecule has 3 heterocycles. The van der Waals surface area contributed by atoms with E-state index in [0.29, 0.717) is 23.6 Å².